The number of thiocarbonyl (C=S) groups is 1. The lowest BCUT2D eigenvalue weighted by Gasteiger charge is -2.14. The van der Waals surface area contributed by atoms with Gasteiger partial charge in [-0.25, -0.2) is 0 Å². The van der Waals surface area contributed by atoms with Gasteiger partial charge >= 0.3 is 0 Å². The predicted octanol–water partition coefficient (Wildman–Crippen LogP) is 2.59. The molecule has 0 aromatic heterocycles. The van der Waals surface area contributed by atoms with Crippen LogP contribution in [-0.4, -0.2) is 37.0 Å². The topological polar surface area (TPSA) is 98.0 Å². The van der Waals surface area contributed by atoms with Crippen molar-refractivity contribution in [2.24, 2.45) is 10.8 Å². The van der Waals surface area contributed by atoms with Crippen molar-refractivity contribution in [3.63, 3.8) is 0 Å². The number of nitrogens with two attached hydrogens (primary N) is 1. The Balaban J connectivity index is 1.94. The van der Waals surface area contributed by atoms with Gasteiger partial charge in [0.05, 0.1) is 16.4 Å². The molecule has 0 aliphatic heterocycles. The molecular formula is C20H23IN4O3S. The molecular weight excluding hydrogens is 503 g/mol. The Kier molecular flexibility index (Phi) is 9.65. The minimum Gasteiger partial charge on any atom is -0.490 e. The maximum absolute atomic E-state index is 12.1. The highest BCUT2D eigenvalue weighted by Gasteiger charge is 2.13. The fourth-order valence-corrected chi connectivity index (χ4v) is 3.25. The molecule has 0 aliphatic rings. The van der Waals surface area contributed by atoms with Crippen LogP contribution >= 0.6 is 34.8 Å². The summed E-state index contributed by atoms with van der Waals surface area (Å²) in [7, 11) is 0. The van der Waals surface area contributed by atoms with Crippen molar-refractivity contribution < 1.29 is 14.3 Å². The minimum atomic E-state index is -0.189. The van der Waals surface area contributed by atoms with E-state index < -0.39 is 0 Å². The average Bonchev–Trinajstić information content (AvgIpc) is 2.68. The molecule has 0 unspecified atom stereocenters. The summed E-state index contributed by atoms with van der Waals surface area (Å²) in [6.45, 7) is 2.79. The lowest BCUT2D eigenvalue weighted by atomic mass is 10.1. The molecule has 29 heavy (non-hydrogen) atoms. The van der Waals surface area contributed by atoms with E-state index in [-0.39, 0.29) is 17.6 Å². The van der Waals surface area contributed by atoms with Gasteiger partial charge in [-0.15, -0.1) is 0 Å². The Morgan fingerprint density at radius 2 is 2.03 bits per heavy atom. The Bertz CT molecular complexity index is 862. The lowest BCUT2D eigenvalue weighted by Crippen LogP contribution is -2.30. The van der Waals surface area contributed by atoms with Crippen molar-refractivity contribution in [1.29, 1.82) is 0 Å². The first-order chi connectivity index (χ1) is 14.0. The highest BCUT2D eigenvalue weighted by molar-refractivity contribution is 14.1. The van der Waals surface area contributed by atoms with Crippen molar-refractivity contribution in [3.05, 3.63) is 57.2 Å². The van der Waals surface area contributed by atoms with E-state index in [2.05, 4.69) is 38.4 Å². The van der Waals surface area contributed by atoms with Gasteiger partial charge in [0.1, 0.15) is 0 Å². The highest BCUT2D eigenvalue weighted by Crippen LogP contribution is 2.33. The molecule has 0 fully saturated rings. The molecule has 0 heterocycles. The Morgan fingerprint density at radius 1 is 1.28 bits per heavy atom. The normalized spacial score (nSPS) is 10.6. The zero-order valence-corrected chi connectivity index (χ0v) is 19.0. The predicted molar refractivity (Wildman–Crippen MR) is 126 cm³/mol. The van der Waals surface area contributed by atoms with Crippen LogP contribution < -0.4 is 25.9 Å². The molecule has 0 atom stereocenters. The van der Waals surface area contributed by atoms with Crippen LogP contribution in [0, 0.1) is 3.57 Å². The summed E-state index contributed by atoms with van der Waals surface area (Å²) >= 11 is 6.84. The van der Waals surface area contributed by atoms with Gasteiger partial charge in [-0.1, -0.05) is 30.3 Å². The van der Waals surface area contributed by atoms with Crippen LogP contribution in [0.15, 0.2) is 47.6 Å². The third-order valence-corrected chi connectivity index (χ3v) is 4.54. The van der Waals surface area contributed by atoms with E-state index in [4.69, 9.17) is 27.4 Å². The third-order valence-electron chi connectivity index (χ3n) is 3.65. The Morgan fingerprint density at radius 3 is 2.72 bits per heavy atom. The molecule has 0 aliphatic carbocycles. The molecule has 0 radical (unpaired) electrons. The van der Waals surface area contributed by atoms with Crippen molar-refractivity contribution in [2.75, 3.05) is 19.8 Å². The molecule has 154 valence electrons. The summed E-state index contributed by atoms with van der Waals surface area (Å²) in [6.07, 6.45) is 2.34. The number of hydrogen-bond donors (Lipinski definition) is 3. The maximum atomic E-state index is 12.1. The quantitative estimate of drug-likeness (QED) is 0.191. The fraction of sp³-hybridized carbons (Fsp3) is 0.250. The van der Waals surface area contributed by atoms with Crippen molar-refractivity contribution in [3.8, 4) is 11.5 Å². The summed E-state index contributed by atoms with van der Waals surface area (Å²) in [5, 5.41) is 6.89. The van der Waals surface area contributed by atoms with Crippen molar-refractivity contribution in [1.82, 2.24) is 10.7 Å². The SMILES string of the molecule is CCOc1cc(/C=N/NC(N)=S)cc(I)c1OCC(=O)NCCc1ccccc1. The fourth-order valence-electron chi connectivity index (χ4n) is 2.42. The largest absolute Gasteiger partial charge is 0.490 e. The Labute approximate surface area is 189 Å². The number of amides is 1. The molecule has 2 rings (SSSR count). The van der Waals surface area contributed by atoms with E-state index in [0.717, 1.165) is 15.6 Å². The van der Waals surface area contributed by atoms with E-state index in [9.17, 15) is 4.79 Å². The standard InChI is InChI=1S/C20H23IN4O3S/c1-2-27-17-11-15(12-24-25-20(22)29)10-16(21)19(17)28-13-18(26)23-9-8-14-6-4-3-5-7-14/h3-7,10-12H,2,8-9,13H2,1H3,(H,23,26)(H3,22,25,29)/b24-12+. The van der Waals surface area contributed by atoms with E-state index in [1.807, 2.05) is 43.3 Å². The summed E-state index contributed by atoms with van der Waals surface area (Å²) in [4.78, 5) is 12.1. The van der Waals surface area contributed by atoms with E-state index in [1.54, 1.807) is 12.3 Å². The van der Waals surface area contributed by atoms with Crippen LogP contribution in [0.4, 0.5) is 0 Å². The summed E-state index contributed by atoms with van der Waals surface area (Å²) in [6, 6.07) is 13.6. The number of carbonyl (C=O) groups is 1. The van der Waals surface area contributed by atoms with Crippen LogP contribution in [-0.2, 0) is 11.2 Å². The van der Waals surface area contributed by atoms with E-state index in [0.29, 0.717) is 24.7 Å². The molecule has 2 aromatic rings. The summed E-state index contributed by atoms with van der Waals surface area (Å²) < 4.78 is 12.2. The Hall–Kier alpha value is -2.40. The molecule has 0 saturated heterocycles. The van der Waals surface area contributed by atoms with Crippen molar-refractivity contribution >= 4 is 52.0 Å². The molecule has 0 bridgehead atoms. The first kappa shape index (κ1) is 22.9. The second-order valence-corrected chi connectivity index (χ2v) is 7.47. The molecule has 1 amide bonds. The number of hydrogen-bond acceptors (Lipinski definition) is 5. The van der Waals surface area contributed by atoms with Gasteiger partial charge < -0.3 is 20.5 Å². The van der Waals surface area contributed by atoms with Gasteiger partial charge in [0.2, 0.25) is 0 Å². The zero-order chi connectivity index (χ0) is 21.1. The minimum absolute atomic E-state index is 0.0826. The summed E-state index contributed by atoms with van der Waals surface area (Å²) in [5.41, 5.74) is 9.80. The van der Waals surface area contributed by atoms with Crippen LogP contribution in [0.5, 0.6) is 11.5 Å². The average molecular weight is 526 g/mol. The molecule has 7 nitrogen and oxygen atoms in total. The van der Waals surface area contributed by atoms with Gasteiger partial charge in [-0.2, -0.15) is 5.10 Å². The molecule has 0 spiro atoms. The van der Waals surface area contributed by atoms with Gasteiger partial charge in [0.15, 0.2) is 23.2 Å². The van der Waals surface area contributed by atoms with Gasteiger partial charge in [-0.05, 0) is 71.4 Å². The number of nitrogens with one attached hydrogen (secondary N) is 2. The number of carbonyl (C=O) groups excluding carboxylic acids is 1. The number of ether oxygens (including phenoxy) is 2. The van der Waals surface area contributed by atoms with Gasteiger partial charge in [-0.3, -0.25) is 10.2 Å². The molecule has 0 saturated carbocycles. The molecule has 9 heteroatoms. The van der Waals surface area contributed by atoms with Gasteiger partial charge in [0, 0.05) is 6.54 Å². The number of nitrogens with zero attached hydrogens (tertiary/aromatic N) is 1. The number of hydrazone groups is 1. The molecule has 2 aromatic carbocycles. The molecule has 4 N–H and O–H groups in total. The summed E-state index contributed by atoms with van der Waals surface area (Å²) in [5.74, 6) is 0.865. The van der Waals surface area contributed by atoms with E-state index >= 15 is 0 Å². The first-order valence-corrected chi connectivity index (χ1v) is 10.5. The second-order valence-electron chi connectivity index (χ2n) is 5.87. The number of rotatable bonds is 10. The van der Waals surface area contributed by atoms with E-state index in [1.165, 1.54) is 5.56 Å². The third kappa shape index (κ3) is 8.24. The monoisotopic (exact) mass is 526 g/mol. The number of benzene rings is 2. The second kappa shape index (κ2) is 12.2. The lowest BCUT2D eigenvalue weighted by molar-refractivity contribution is -0.123. The number of halogens is 1. The maximum Gasteiger partial charge on any atom is 0.257 e. The smallest absolute Gasteiger partial charge is 0.257 e. The van der Waals surface area contributed by atoms with Crippen LogP contribution in [0.1, 0.15) is 18.1 Å². The van der Waals surface area contributed by atoms with Crippen molar-refractivity contribution in [2.45, 2.75) is 13.3 Å². The van der Waals surface area contributed by atoms with Crippen LogP contribution in [0.2, 0.25) is 0 Å². The van der Waals surface area contributed by atoms with Crippen LogP contribution in [0.3, 0.4) is 0 Å². The van der Waals surface area contributed by atoms with Crippen LogP contribution in [0.25, 0.3) is 0 Å². The van der Waals surface area contributed by atoms with Gasteiger partial charge in [0.25, 0.3) is 5.91 Å². The highest BCUT2D eigenvalue weighted by atomic mass is 127. The first-order valence-electron chi connectivity index (χ1n) is 8.98. The zero-order valence-electron chi connectivity index (χ0n) is 16.0.